The number of fused-ring (bicyclic) bond motifs is 1. The highest BCUT2D eigenvalue weighted by Crippen LogP contribution is 2.24. The van der Waals surface area contributed by atoms with Gasteiger partial charge in [0.15, 0.2) is 0 Å². The molecule has 62 valence electrons. The lowest BCUT2D eigenvalue weighted by Crippen LogP contribution is -2.04. The molecule has 1 nitrogen and oxygen atoms in total. The molecule has 1 heterocycles. The van der Waals surface area contributed by atoms with E-state index in [9.17, 15) is 0 Å². The fraction of sp³-hybridized carbons (Fsp3) is 0.273. The fourth-order valence-corrected chi connectivity index (χ4v) is 1.48. The van der Waals surface area contributed by atoms with E-state index in [2.05, 4.69) is 43.4 Å². The van der Waals surface area contributed by atoms with Crippen LogP contribution in [0.25, 0.3) is 6.08 Å². The largest absolute Gasteiger partial charge is 0.381 e. The van der Waals surface area contributed by atoms with Gasteiger partial charge in [0.2, 0.25) is 0 Å². The number of benzene rings is 1. The van der Waals surface area contributed by atoms with Gasteiger partial charge in [-0.3, -0.25) is 0 Å². The highest BCUT2D eigenvalue weighted by molar-refractivity contribution is 5.71. The van der Waals surface area contributed by atoms with Crippen LogP contribution < -0.4 is 5.32 Å². The second-order valence-corrected chi connectivity index (χ2v) is 3.31. The zero-order valence-corrected chi connectivity index (χ0v) is 7.52. The van der Waals surface area contributed by atoms with Gasteiger partial charge in [-0.2, -0.15) is 0 Å². The van der Waals surface area contributed by atoms with E-state index in [4.69, 9.17) is 0 Å². The third-order valence-corrected chi connectivity index (χ3v) is 2.37. The molecule has 0 aliphatic carbocycles. The lowest BCUT2D eigenvalue weighted by Gasteiger charge is -2.14. The summed E-state index contributed by atoms with van der Waals surface area (Å²) in [5.74, 6) is 0. The molecule has 0 spiro atoms. The van der Waals surface area contributed by atoms with E-state index in [1.807, 2.05) is 0 Å². The molecule has 0 radical (unpaired) electrons. The molecule has 1 aliphatic heterocycles. The summed E-state index contributed by atoms with van der Waals surface area (Å²) in [6.45, 7) is 5.25. The van der Waals surface area contributed by atoms with Crippen molar-refractivity contribution < 1.29 is 0 Å². The van der Waals surface area contributed by atoms with Crippen LogP contribution in [0.1, 0.15) is 16.7 Å². The van der Waals surface area contributed by atoms with E-state index >= 15 is 0 Å². The summed E-state index contributed by atoms with van der Waals surface area (Å²) >= 11 is 0. The predicted molar refractivity (Wildman–Crippen MR) is 53.4 cm³/mol. The van der Waals surface area contributed by atoms with Crippen molar-refractivity contribution in [3.05, 3.63) is 34.9 Å². The van der Waals surface area contributed by atoms with Gasteiger partial charge in [-0.15, -0.1) is 0 Å². The number of aryl methyl sites for hydroxylation is 2. The molecule has 2 rings (SSSR count). The Labute approximate surface area is 73.1 Å². The van der Waals surface area contributed by atoms with Gasteiger partial charge in [-0.25, -0.2) is 0 Å². The summed E-state index contributed by atoms with van der Waals surface area (Å²) < 4.78 is 0. The third kappa shape index (κ3) is 1.11. The molecule has 1 heteroatoms. The summed E-state index contributed by atoms with van der Waals surface area (Å²) in [6, 6.07) is 4.45. The zero-order valence-electron chi connectivity index (χ0n) is 7.52. The van der Waals surface area contributed by atoms with E-state index in [1.54, 1.807) is 0 Å². The Bertz CT molecular complexity index is 337. The molecular weight excluding hydrogens is 146 g/mol. The smallest absolute Gasteiger partial charge is 0.0419 e. The second kappa shape index (κ2) is 2.67. The normalized spacial score (nSPS) is 13.8. The first-order chi connectivity index (χ1) is 5.77. The summed E-state index contributed by atoms with van der Waals surface area (Å²) in [4.78, 5) is 0. The molecule has 1 aromatic carbocycles. The van der Waals surface area contributed by atoms with Crippen molar-refractivity contribution >= 4 is 11.8 Å². The second-order valence-electron chi connectivity index (χ2n) is 3.31. The zero-order chi connectivity index (χ0) is 8.55. The first-order valence-corrected chi connectivity index (χ1v) is 4.29. The van der Waals surface area contributed by atoms with Crippen molar-refractivity contribution in [2.45, 2.75) is 13.8 Å². The molecule has 0 unspecified atom stereocenters. The Morgan fingerprint density at radius 2 is 1.92 bits per heavy atom. The molecule has 1 N–H and O–H groups in total. The third-order valence-electron chi connectivity index (χ3n) is 2.37. The minimum Gasteiger partial charge on any atom is -0.381 e. The van der Waals surface area contributed by atoms with Crippen molar-refractivity contribution in [2.75, 3.05) is 11.9 Å². The lowest BCUT2D eigenvalue weighted by molar-refractivity contribution is 1.26. The van der Waals surface area contributed by atoms with Crippen molar-refractivity contribution in [1.82, 2.24) is 0 Å². The average Bonchev–Trinajstić information content (AvgIpc) is 2.07. The highest BCUT2D eigenvalue weighted by Gasteiger charge is 2.04. The van der Waals surface area contributed by atoms with Crippen molar-refractivity contribution in [1.29, 1.82) is 0 Å². The Balaban J connectivity index is 2.58. The van der Waals surface area contributed by atoms with E-state index in [1.165, 1.54) is 22.4 Å². The van der Waals surface area contributed by atoms with E-state index in [0.29, 0.717) is 0 Å². The predicted octanol–water partition coefficient (Wildman–Crippen LogP) is 2.74. The molecule has 0 fully saturated rings. The fourth-order valence-electron chi connectivity index (χ4n) is 1.48. The summed E-state index contributed by atoms with van der Waals surface area (Å²) in [7, 11) is 0. The van der Waals surface area contributed by atoms with E-state index in [0.717, 1.165) is 6.54 Å². The SMILES string of the molecule is Cc1cc2c(cc1C)NCC=C2. The van der Waals surface area contributed by atoms with Gasteiger partial charge in [0.05, 0.1) is 0 Å². The van der Waals surface area contributed by atoms with E-state index in [-0.39, 0.29) is 0 Å². The van der Waals surface area contributed by atoms with Crippen LogP contribution in [0, 0.1) is 13.8 Å². The standard InChI is InChI=1S/C11H13N/c1-8-6-10-4-3-5-12-11(10)7-9(8)2/h3-4,6-7,12H,5H2,1-2H3. The van der Waals surface area contributed by atoms with Crippen molar-refractivity contribution in [2.24, 2.45) is 0 Å². The molecule has 0 bridgehead atoms. The van der Waals surface area contributed by atoms with Crippen molar-refractivity contribution in [3.63, 3.8) is 0 Å². The van der Waals surface area contributed by atoms with Crippen LogP contribution in [0.15, 0.2) is 18.2 Å². The molecule has 0 saturated carbocycles. The molecule has 1 aliphatic rings. The van der Waals surface area contributed by atoms with Gasteiger partial charge in [0, 0.05) is 12.2 Å². The summed E-state index contributed by atoms with van der Waals surface area (Å²) in [5, 5.41) is 3.34. The van der Waals surface area contributed by atoms with Gasteiger partial charge in [-0.05, 0) is 42.7 Å². The minimum atomic E-state index is 0.954. The van der Waals surface area contributed by atoms with Crippen LogP contribution >= 0.6 is 0 Å². The number of hydrogen-bond donors (Lipinski definition) is 1. The maximum Gasteiger partial charge on any atom is 0.0419 e. The van der Waals surface area contributed by atoms with Gasteiger partial charge >= 0.3 is 0 Å². The van der Waals surface area contributed by atoms with Gasteiger partial charge < -0.3 is 5.32 Å². The first kappa shape index (κ1) is 7.41. The van der Waals surface area contributed by atoms with E-state index < -0.39 is 0 Å². The average molecular weight is 159 g/mol. The maximum atomic E-state index is 3.34. The quantitative estimate of drug-likeness (QED) is 0.613. The van der Waals surface area contributed by atoms with Crippen LogP contribution in [0.4, 0.5) is 5.69 Å². The van der Waals surface area contributed by atoms with Crippen LogP contribution in [0.2, 0.25) is 0 Å². The van der Waals surface area contributed by atoms with Gasteiger partial charge in [0.25, 0.3) is 0 Å². The molecule has 12 heavy (non-hydrogen) atoms. The van der Waals surface area contributed by atoms with Crippen molar-refractivity contribution in [3.8, 4) is 0 Å². The molecule has 0 amide bonds. The van der Waals surface area contributed by atoms with Crippen LogP contribution in [0.5, 0.6) is 0 Å². The molecule has 0 saturated heterocycles. The minimum absolute atomic E-state index is 0.954. The highest BCUT2D eigenvalue weighted by atomic mass is 14.9. The monoisotopic (exact) mass is 159 g/mol. The topological polar surface area (TPSA) is 12.0 Å². The number of rotatable bonds is 0. The maximum absolute atomic E-state index is 3.34. The summed E-state index contributed by atoms with van der Waals surface area (Å²) in [5.41, 5.74) is 5.30. The lowest BCUT2D eigenvalue weighted by atomic mass is 10.0. The summed E-state index contributed by atoms with van der Waals surface area (Å²) in [6.07, 6.45) is 4.33. The van der Waals surface area contributed by atoms with Crippen LogP contribution in [0.3, 0.4) is 0 Å². The van der Waals surface area contributed by atoms with Crippen LogP contribution in [-0.4, -0.2) is 6.54 Å². The number of hydrogen-bond acceptors (Lipinski definition) is 1. The Hall–Kier alpha value is -1.24. The molecule has 0 aromatic heterocycles. The van der Waals surface area contributed by atoms with Crippen LogP contribution in [-0.2, 0) is 0 Å². The Kier molecular flexibility index (Phi) is 1.65. The molecule has 0 atom stereocenters. The molecular formula is C11H13N. The number of anilines is 1. The Morgan fingerprint density at radius 3 is 2.75 bits per heavy atom. The van der Waals surface area contributed by atoms with Gasteiger partial charge in [-0.1, -0.05) is 12.2 Å². The first-order valence-electron chi connectivity index (χ1n) is 4.29. The van der Waals surface area contributed by atoms with Gasteiger partial charge in [0.1, 0.15) is 0 Å². The number of nitrogens with one attached hydrogen (secondary N) is 1. The Morgan fingerprint density at radius 1 is 1.17 bits per heavy atom. The molecule has 1 aromatic rings.